The lowest BCUT2D eigenvalue weighted by atomic mass is 10.2. The molecule has 0 spiro atoms. The zero-order valence-electron chi connectivity index (χ0n) is 9.19. The van der Waals surface area contributed by atoms with E-state index in [1.807, 2.05) is 11.8 Å². The monoisotopic (exact) mass is 256 g/mol. The van der Waals surface area contributed by atoms with Crippen molar-refractivity contribution in [3.63, 3.8) is 0 Å². The first kappa shape index (κ1) is 12.3. The second-order valence-corrected chi connectivity index (χ2v) is 5.13. The lowest BCUT2D eigenvalue weighted by Gasteiger charge is -2.10. The summed E-state index contributed by atoms with van der Waals surface area (Å²) >= 11 is 1.90. The zero-order chi connectivity index (χ0) is 12.3. The molecule has 1 aromatic rings. The van der Waals surface area contributed by atoms with E-state index in [2.05, 4.69) is 5.32 Å². The van der Waals surface area contributed by atoms with Gasteiger partial charge < -0.3 is 5.32 Å². The van der Waals surface area contributed by atoms with Crippen LogP contribution in [0.4, 0.5) is 10.1 Å². The Bertz CT molecular complexity index is 422. The topological polar surface area (TPSA) is 55.2 Å². The fourth-order valence-corrected chi connectivity index (χ4v) is 2.95. The van der Waals surface area contributed by atoms with Crippen molar-refractivity contribution in [2.24, 2.45) is 0 Å². The van der Waals surface area contributed by atoms with Crippen LogP contribution in [-0.4, -0.2) is 22.5 Å². The molecule has 0 aromatic heterocycles. The number of benzene rings is 1. The van der Waals surface area contributed by atoms with E-state index < -0.39 is 16.4 Å². The molecule has 1 fully saturated rings. The molecule has 2 rings (SSSR count). The predicted molar refractivity (Wildman–Crippen MR) is 65.6 cm³/mol. The summed E-state index contributed by atoms with van der Waals surface area (Å²) in [7, 11) is 0. The van der Waals surface area contributed by atoms with Crippen LogP contribution < -0.4 is 5.32 Å². The van der Waals surface area contributed by atoms with Gasteiger partial charge in [-0.15, -0.1) is 0 Å². The van der Waals surface area contributed by atoms with Gasteiger partial charge >= 0.3 is 5.69 Å². The van der Waals surface area contributed by atoms with Crippen molar-refractivity contribution in [3.05, 3.63) is 39.7 Å². The lowest BCUT2D eigenvalue weighted by molar-refractivity contribution is -0.387. The maximum Gasteiger partial charge on any atom is 0.304 e. The minimum Gasteiger partial charge on any atom is -0.309 e. The van der Waals surface area contributed by atoms with Crippen molar-refractivity contribution in [2.75, 3.05) is 11.5 Å². The van der Waals surface area contributed by atoms with Gasteiger partial charge in [0, 0.05) is 24.4 Å². The number of nitrogens with zero attached hydrogens (tertiary/aromatic N) is 1. The van der Waals surface area contributed by atoms with E-state index in [-0.39, 0.29) is 0 Å². The summed E-state index contributed by atoms with van der Waals surface area (Å²) in [4.78, 5) is 9.74. The van der Waals surface area contributed by atoms with E-state index in [0.29, 0.717) is 12.6 Å². The van der Waals surface area contributed by atoms with E-state index in [1.165, 1.54) is 12.1 Å². The molecular weight excluding hydrogens is 243 g/mol. The molecule has 1 heterocycles. The van der Waals surface area contributed by atoms with E-state index in [9.17, 15) is 14.5 Å². The molecule has 0 aliphatic carbocycles. The van der Waals surface area contributed by atoms with Crippen molar-refractivity contribution in [3.8, 4) is 0 Å². The molecule has 1 aliphatic rings. The second kappa shape index (κ2) is 5.46. The Hall–Kier alpha value is -1.14. The highest BCUT2D eigenvalue weighted by Gasteiger charge is 2.16. The molecule has 1 aromatic carbocycles. The van der Waals surface area contributed by atoms with Crippen molar-refractivity contribution in [1.82, 2.24) is 5.32 Å². The molecule has 17 heavy (non-hydrogen) atoms. The van der Waals surface area contributed by atoms with Crippen LogP contribution in [0.15, 0.2) is 18.2 Å². The summed E-state index contributed by atoms with van der Waals surface area (Å²) in [6, 6.07) is 4.51. The quantitative estimate of drug-likeness (QED) is 0.663. The number of hydrogen-bond donors (Lipinski definition) is 1. The summed E-state index contributed by atoms with van der Waals surface area (Å²) in [5, 5.41) is 13.8. The van der Waals surface area contributed by atoms with E-state index in [1.54, 1.807) is 6.07 Å². The van der Waals surface area contributed by atoms with E-state index in [4.69, 9.17) is 0 Å². The smallest absolute Gasteiger partial charge is 0.304 e. The fraction of sp³-hybridized carbons (Fsp3) is 0.455. The Morgan fingerprint density at radius 2 is 2.41 bits per heavy atom. The minimum absolute atomic E-state index is 0.467. The molecule has 4 nitrogen and oxygen atoms in total. The summed E-state index contributed by atoms with van der Waals surface area (Å²) in [5.41, 5.74) is 0.273. The SMILES string of the molecule is O=[N+]([O-])c1ccc(CNC2CCSC2)cc1F. The second-order valence-electron chi connectivity index (χ2n) is 3.98. The number of hydrogen-bond acceptors (Lipinski definition) is 4. The van der Waals surface area contributed by atoms with Crippen molar-refractivity contribution in [1.29, 1.82) is 0 Å². The van der Waals surface area contributed by atoms with Crippen molar-refractivity contribution >= 4 is 17.4 Å². The average Bonchev–Trinajstić information content (AvgIpc) is 2.78. The van der Waals surface area contributed by atoms with Crippen molar-refractivity contribution in [2.45, 2.75) is 19.0 Å². The molecule has 6 heteroatoms. The van der Waals surface area contributed by atoms with Gasteiger partial charge in [0.25, 0.3) is 0 Å². The van der Waals surface area contributed by atoms with Crippen LogP contribution in [0.1, 0.15) is 12.0 Å². The zero-order valence-corrected chi connectivity index (χ0v) is 10.0. The Morgan fingerprint density at radius 1 is 1.59 bits per heavy atom. The van der Waals surface area contributed by atoms with Gasteiger partial charge in [0.1, 0.15) is 0 Å². The summed E-state index contributed by atoms with van der Waals surface area (Å²) in [5.74, 6) is 1.47. The molecule has 0 amide bonds. The van der Waals surface area contributed by atoms with E-state index in [0.717, 1.165) is 23.5 Å². The molecule has 1 aliphatic heterocycles. The third kappa shape index (κ3) is 3.17. The minimum atomic E-state index is -0.768. The third-order valence-electron chi connectivity index (χ3n) is 2.73. The number of halogens is 1. The molecular formula is C11H13FN2O2S. The molecule has 1 unspecified atom stereocenters. The van der Waals surface area contributed by atoms with Crippen LogP contribution >= 0.6 is 11.8 Å². The third-order valence-corrected chi connectivity index (χ3v) is 3.90. The van der Waals surface area contributed by atoms with E-state index >= 15 is 0 Å². The predicted octanol–water partition coefficient (Wildman–Crippen LogP) is 2.33. The maximum absolute atomic E-state index is 13.3. The fourth-order valence-electron chi connectivity index (χ4n) is 1.77. The molecule has 0 bridgehead atoms. The Morgan fingerprint density at radius 3 is 3.00 bits per heavy atom. The number of thioether (sulfide) groups is 1. The number of nitrogens with one attached hydrogen (secondary N) is 1. The summed E-state index contributed by atoms with van der Waals surface area (Å²) in [6.07, 6.45) is 1.13. The van der Waals surface area contributed by atoms with Gasteiger partial charge in [0.05, 0.1) is 4.92 Å². The molecule has 92 valence electrons. The van der Waals surface area contributed by atoms with Crippen LogP contribution in [0.5, 0.6) is 0 Å². The van der Waals surface area contributed by atoms with Crippen LogP contribution in [-0.2, 0) is 6.54 Å². The first-order valence-corrected chi connectivity index (χ1v) is 6.56. The van der Waals surface area contributed by atoms with Gasteiger partial charge in [-0.1, -0.05) is 6.07 Å². The van der Waals surface area contributed by atoms with Gasteiger partial charge in [-0.2, -0.15) is 16.2 Å². The Labute approximate surface area is 103 Å². The van der Waals surface area contributed by atoms with Crippen LogP contribution in [0.25, 0.3) is 0 Å². The van der Waals surface area contributed by atoms with Crippen molar-refractivity contribution < 1.29 is 9.31 Å². The number of rotatable bonds is 4. The first-order chi connectivity index (χ1) is 8.16. The largest absolute Gasteiger partial charge is 0.309 e. The van der Waals surface area contributed by atoms with Gasteiger partial charge in [-0.3, -0.25) is 10.1 Å². The van der Waals surface area contributed by atoms with Gasteiger partial charge in [-0.25, -0.2) is 0 Å². The van der Waals surface area contributed by atoms with Gasteiger partial charge in [0.15, 0.2) is 0 Å². The molecule has 0 saturated carbocycles. The highest BCUT2D eigenvalue weighted by molar-refractivity contribution is 7.99. The average molecular weight is 256 g/mol. The normalized spacial score (nSPS) is 19.5. The Kier molecular flexibility index (Phi) is 3.96. The molecule has 0 radical (unpaired) electrons. The molecule has 1 saturated heterocycles. The summed E-state index contributed by atoms with van der Waals surface area (Å²) < 4.78 is 13.3. The maximum atomic E-state index is 13.3. The lowest BCUT2D eigenvalue weighted by Crippen LogP contribution is -2.27. The Balaban J connectivity index is 1.97. The van der Waals surface area contributed by atoms with Crippen LogP contribution in [0, 0.1) is 15.9 Å². The van der Waals surface area contributed by atoms with Crippen LogP contribution in [0.2, 0.25) is 0 Å². The number of nitro benzene ring substituents is 1. The molecule has 1 atom stereocenters. The highest BCUT2D eigenvalue weighted by atomic mass is 32.2. The highest BCUT2D eigenvalue weighted by Crippen LogP contribution is 2.20. The van der Waals surface area contributed by atoms with Gasteiger partial charge in [-0.05, 0) is 23.8 Å². The van der Waals surface area contributed by atoms with Crippen LogP contribution in [0.3, 0.4) is 0 Å². The molecule has 1 N–H and O–H groups in total. The summed E-state index contributed by atoms with van der Waals surface area (Å²) in [6.45, 7) is 0.556. The number of nitro groups is 1. The first-order valence-electron chi connectivity index (χ1n) is 5.41. The van der Waals surface area contributed by atoms with Gasteiger partial charge in [0.2, 0.25) is 5.82 Å². The standard InChI is InChI=1S/C11H13FN2O2S/c12-10-5-8(1-2-11(10)14(15)16)6-13-9-3-4-17-7-9/h1-2,5,9,13H,3-4,6-7H2.